The van der Waals surface area contributed by atoms with Crippen LogP contribution < -0.4 is 0 Å². The molecule has 0 bridgehead atoms. The molecule has 72 valence electrons. The van der Waals surface area contributed by atoms with Gasteiger partial charge in [0, 0.05) is 6.54 Å². The molecule has 0 unspecified atom stereocenters. The third kappa shape index (κ3) is 3.10. The second-order valence-corrected chi connectivity index (χ2v) is 3.76. The Morgan fingerprint density at radius 1 is 1.33 bits per heavy atom. The van der Waals surface area contributed by atoms with Crippen molar-refractivity contribution in [2.24, 2.45) is 5.92 Å². The maximum atomic E-state index is 12.0. The topological polar surface area (TPSA) is 3.24 Å². The van der Waals surface area contributed by atoms with Gasteiger partial charge in [-0.05, 0) is 31.8 Å². The Kier molecular flexibility index (Phi) is 4.59. The van der Waals surface area contributed by atoms with Crippen molar-refractivity contribution in [3.8, 4) is 0 Å². The van der Waals surface area contributed by atoms with Gasteiger partial charge in [-0.2, -0.15) is 0 Å². The number of halogens is 1. The zero-order valence-corrected chi connectivity index (χ0v) is 8.06. The highest BCUT2D eigenvalue weighted by Gasteiger charge is 2.17. The van der Waals surface area contributed by atoms with Gasteiger partial charge in [-0.3, -0.25) is 0 Å². The summed E-state index contributed by atoms with van der Waals surface area (Å²) in [6.07, 6.45) is 5.24. The Balaban J connectivity index is 2.11. The molecule has 1 fully saturated rings. The predicted octanol–water partition coefficient (Wildman–Crippen LogP) is 2.47. The second-order valence-electron chi connectivity index (χ2n) is 3.76. The number of rotatable bonds is 4. The highest BCUT2D eigenvalue weighted by molar-refractivity contribution is 4.71. The monoisotopic (exact) mass is 173 g/mol. The quantitative estimate of drug-likeness (QED) is 0.631. The summed E-state index contributed by atoms with van der Waals surface area (Å²) in [4.78, 5) is 2.24. The molecule has 0 atom stereocenters. The lowest BCUT2D eigenvalue weighted by Gasteiger charge is -2.30. The first kappa shape index (κ1) is 9.97. The van der Waals surface area contributed by atoms with Crippen LogP contribution in [0.1, 0.15) is 32.6 Å². The van der Waals surface area contributed by atoms with Crippen LogP contribution in [0.5, 0.6) is 0 Å². The lowest BCUT2D eigenvalue weighted by atomic mass is 9.92. The van der Waals surface area contributed by atoms with Crippen LogP contribution in [-0.4, -0.2) is 31.2 Å². The highest BCUT2D eigenvalue weighted by atomic mass is 19.1. The van der Waals surface area contributed by atoms with Crippen molar-refractivity contribution in [3.63, 3.8) is 0 Å². The van der Waals surface area contributed by atoms with E-state index in [2.05, 4.69) is 11.8 Å². The van der Waals surface area contributed by atoms with Gasteiger partial charge in [0.2, 0.25) is 0 Å². The maximum Gasteiger partial charge on any atom is 0.102 e. The van der Waals surface area contributed by atoms with Crippen molar-refractivity contribution < 1.29 is 4.39 Å². The van der Waals surface area contributed by atoms with Crippen LogP contribution in [0.3, 0.4) is 0 Å². The van der Waals surface area contributed by atoms with Crippen LogP contribution in [0, 0.1) is 5.92 Å². The van der Waals surface area contributed by atoms with Crippen molar-refractivity contribution in [1.82, 2.24) is 4.90 Å². The maximum absolute atomic E-state index is 12.0. The normalized spacial score (nSPS) is 21.5. The van der Waals surface area contributed by atoms with Crippen molar-refractivity contribution >= 4 is 0 Å². The summed E-state index contributed by atoms with van der Waals surface area (Å²) in [5, 5.41) is 0. The summed E-state index contributed by atoms with van der Waals surface area (Å²) in [5.74, 6) is 0.922. The minimum Gasteiger partial charge on any atom is -0.301 e. The highest BCUT2D eigenvalue weighted by Crippen LogP contribution is 2.21. The fourth-order valence-corrected chi connectivity index (χ4v) is 2.03. The van der Waals surface area contributed by atoms with Crippen molar-refractivity contribution in [3.05, 3.63) is 0 Å². The standard InChI is InChI=1S/C10H20FN/c1-2-3-10-4-7-12(8-5-10)9-6-11/h10H,2-9H2,1H3. The molecule has 1 heterocycles. The number of likely N-dealkylation sites (tertiary alicyclic amines) is 1. The van der Waals surface area contributed by atoms with Gasteiger partial charge in [0.15, 0.2) is 0 Å². The zero-order chi connectivity index (χ0) is 8.81. The fourth-order valence-electron chi connectivity index (χ4n) is 2.03. The molecule has 0 radical (unpaired) electrons. The van der Waals surface area contributed by atoms with E-state index in [4.69, 9.17) is 0 Å². The van der Waals surface area contributed by atoms with E-state index in [1.807, 2.05) is 0 Å². The lowest BCUT2D eigenvalue weighted by Crippen LogP contribution is -2.35. The molecule has 0 aromatic heterocycles. The van der Waals surface area contributed by atoms with Crippen molar-refractivity contribution in [2.45, 2.75) is 32.6 Å². The average molecular weight is 173 g/mol. The van der Waals surface area contributed by atoms with E-state index >= 15 is 0 Å². The van der Waals surface area contributed by atoms with Gasteiger partial charge in [-0.15, -0.1) is 0 Å². The SMILES string of the molecule is CCCC1CCN(CCF)CC1. The van der Waals surface area contributed by atoms with Crippen LogP contribution in [0.25, 0.3) is 0 Å². The van der Waals surface area contributed by atoms with Crippen LogP contribution in [0.2, 0.25) is 0 Å². The van der Waals surface area contributed by atoms with E-state index in [-0.39, 0.29) is 6.67 Å². The van der Waals surface area contributed by atoms with Crippen LogP contribution in [0.15, 0.2) is 0 Å². The molecule has 1 aliphatic heterocycles. The molecule has 1 rings (SSSR count). The Bertz CT molecular complexity index is 94.4. The third-order valence-corrected chi connectivity index (χ3v) is 2.80. The second kappa shape index (κ2) is 5.52. The molecule has 2 heteroatoms. The van der Waals surface area contributed by atoms with E-state index in [9.17, 15) is 4.39 Å². The van der Waals surface area contributed by atoms with Gasteiger partial charge in [-0.25, -0.2) is 4.39 Å². The lowest BCUT2D eigenvalue weighted by molar-refractivity contribution is 0.168. The van der Waals surface area contributed by atoms with E-state index in [1.54, 1.807) is 0 Å². The summed E-state index contributed by atoms with van der Waals surface area (Å²) < 4.78 is 12.0. The predicted molar refractivity (Wildman–Crippen MR) is 50.0 cm³/mol. The number of hydrogen-bond donors (Lipinski definition) is 0. The Morgan fingerprint density at radius 2 is 2.00 bits per heavy atom. The molecular formula is C10H20FN. The van der Waals surface area contributed by atoms with Crippen LogP contribution in [-0.2, 0) is 0 Å². The van der Waals surface area contributed by atoms with Gasteiger partial charge in [0.05, 0.1) is 0 Å². The molecule has 0 aromatic rings. The molecule has 0 aliphatic carbocycles. The molecule has 12 heavy (non-hydrogen) atoms. The van der Waals surface area contributed by atoms with E-state index in [0.29, 0.717) is 6.54 Å². The molecule has 0 spiro atoms. The van der Waals surface area contributed by atoms with E-state index < -0.39 is 0 Å². The summed E-state index contributed by atoms with van der Waals surface area (Å²) in [5.41, 5.74) is 0. The summed E-state index contributed by atoms with van der Waals surface area (Å²) in [6.45, 7) is 4.95. The van der Waals surface area contributed by atoms with Gasteiger partial charge in [0.25, 0.3) is 0 Å². The van der Waals surface area contributed by atoms with Gasteiger partial charge in [0.1, 0.15) is 6.67 Å². The Labute approximate surface area is 74.9 Å². The largest absolute Gasteiger partial charge is 0.301 e. The molecule has 1 nitrogen and oxygen atoms in total. The molecule has 0 N–H and O–H groups in total. The molecule has 1 aliphatic rings. The number of hydrogen-bond acceptors (Lipinski definition) is 1. The van der Waals surface area contributed by atoms with Crippen LogP contribution in [0.4, 0.5) is 4.39 Å². The summed E-state index contributed by atoms with van der Waals surface area (Å²) >= 11 is 0. The van der Waals surface area contributed by atoms with Crippen LogP contribution >= 0.6 is 0 Å². The first-order valence-electron chi connectivity index (χ1n) is 5.15. The van der Waals surface area contributed by atoms with Crippen molar-refractivity contribution in [2.75, 3.05) is 26.3 Å². The smallest absolute Gasteiger partial charge is 0.102 e. The third-order valence-electron chi connectivity index (χ3n) is 2.80. The molecule has 1 saturated heterocycles. The minimum absolute atomic E-state index is 0.182. The Morgan fingerprint density at radius 3 is 2.50 bits per heavy atom. The summed E-state index contributed by atoms with van der Waals surface area (Å²) in [6, 6.07) is 0. The number of alkyl halides is 1. The number of piperidine rings is 1. The van der Waals surface area contributed by atoms with E-state index in [0.717, 1.165) is 19.0 Å². The first-order chi connectivity index (χ1) is 5.86. The Hall–Kier alpha value is -0.110. The van der Waals surface area contributed by atoms with Gasteiger partial charge >= 0.3 is 0 Å². The summed E-state index contributed by atoms with van der Waals surface area (Å²) in [7, 11) is 0. The molecule has 0 amide bonds. The molecule has 0 saturated carbocycles. The number of nitrogens with zero attached hydrogens (tertiary/aromatic N) is 1. The fraction of sp³-hybridized carbons (Fsp3) is 1.00. The molecular weight excluding hydrogens is 153 g/mol. The zero-order valence-electron chi connectivity index (χ0n) is 8.06. The van der Waals surface area contributed by atoms with E-state index in [1.165, 1.54) is 25.7 Å². The minimum atomic E-state index is -0.182. The van der Waals surface area contributed by atoms with Gasteiger partial charge < -0.3 is 4.90 Å². The van der Waals surface area contributed by atoms with Gasteiger partial charge in [-0.1, -0.05) is 19.8 Å². The van der Waals surface area contributed by atoms with Crippen molar-refractivity contribution in [1.29, 1.82) is 0 Å². The average Bonchev–Trinajstić information content (AvgIpc) is 2.09. The molecule has 0 aromatic carbocycles. The first-order valence-corrected chi connectivity index (χ1v) is 5.15.